The molecule has 11 heavy (non-hydrogen) atoms. The molecule has 0 radical (unpaired) electrons. The van der Waals surface area contributed by atoms with Gasteiger partial charge < -0.3 is 10.1 Å². The van der Waals surface area contributed by atoms with Crippen LogP contribution in [0.1, 0.15) is 0 Å². The summed E-state index contributed by atoms with van der Waals surface area (Å²) < 4.78 is 5.21. The number of piperazine rings is 1. The lowest BCUT2D eigenvalue weighted by Gasteiger charge is -2.37. The van der Waals surface area contributed by atoms with Gasteiger partial charge in [-0.3, -0.25) is 9.69 Å². The van der Waals surface area contributed by atoms with Crippen LogP contribution < -0.4 is 5.32 Å². The third kappa shape index (κ3) is 1.23. The molecule has 0 spiro atoms. The first-order chi connectivity index (χ1) is 5.38. The molecule has 4 nitrogen and oxygen atoms in total. The summed E-state index contributed by atoms with van der Waals surface area (Å²) >= 11 is 0. The van der Waals surface area contributed by atoms with Gasteiger partial charge in [0, 0.05) is 19.6 Å². The minimum Gasteiger partial charge on any atom is -0.378 e. The number of nitrogens with zero attached hydrogens (tertiary/aromatic N) is 1. The minimum absolute atomic E-state index is 0.0162. The first kappa shape index (κ1) is 7.06. The summed E-state index contributed by atoms with van der Waals surface area (Å²) in [6.07, 6.45) is 0. The molecular weight excluding hydrogens is 144 g/mol. The lowest BCUT2D eigenvalue weighted by molar-refractivity contribution is -0.136. The minimum atomic E-state index is -0.0162. The first-order valence-electron chi connectivity index (χ1n) is 3.97. The van der Waals surface area contributed by atoms with Crippen molar-refractivity contribution in [2.24, 2.45) is 0 Å². The lowest BCUT2D eigenvalue weighted by Crippen LogP contribution is -2.59. The highest BCUT2D eigenvalue weighted by Gasteiger charge is 2.31. The summed E-state index contributed by atoms with van der Waals surface area (Å²) in [5.41, 5.74) is 0. The van der Waals surface area contributed by atoms with E-state index in [1.54, 1.807) is 0 Å². The molecule has 2 fully saturated rings. The quantitative estimate of drug-likeness (QED) is 0.480. The van der Waals surface area contributed by atoms with Crippen molar-refractivity contribution in [2.75, 3.05) is 32.8 Å². The van der Waals surface area contributed by atoms with E-state index in [-0.39, 0.29) is 11.9 Å². The average molecular weight is 156 g/mol. The summed E-state index contributed by atoms with van der Waals surface area (Å²) in [6.45, 7) is 3.99. The molecule has 0 unspecified atom stereocenters. The molecule has 0 aliphatic carbocycles. The molecule has 2 heterocycles. The summed E-state index contributed by atoms with van der Waals surface area (Å²) in [7, 11) is 0. The van der Waals surface area contributed by atoms with Crippen LogP contribution in [-0.4, -0.2) is 49.7 Å². The molecule has 0 saturated carbocycles. The van der Waals surface area contributed by atoms with Gasteiger partial charge in [-0.2, -0.15) is 0 Å². The number of morpholine rings is 1. The summed E-state index contributed by atoms with van der Waals surface area (Å²) in [4.78, 5) is 13.4. The summed E-state index contributed by atoms with van der Waals surface area (Å²) in [5, 5.41) is 2.82. The van der Waals surface area contributed by atoms with Crippen LogP contribution in [0.5, 0.6) is 0 Å². The molecule has 0 aromatic carbocycles. The van der Waals surface area contributed by atoms with Gasteiger partial charge >= 0.3 is 0 Å². The van der Waals surface area contributed by atoms with E-state index in [9.17, 15) is 4.79 Å². The fraction of sp³-hybridized carbons (Fsp3) is 0.857. The SMILES string of the molecule is O=C1NCCN2CCOC[C@H]12. The second-order valence-corrected chi connectivity index (χ2v) is 2.92. The van der Waals surface area contributed by atoms with Crippen molar-refractivity contribution >= 4 is 5.91 Å². The van der Waals surface area contributed by atoms with Crippen molar-refractivity contribution in [3.8, 4) is 0 Å². The van der Waals surface area contributed by atoms with E-state index in [4.69, 9.17) is 4.74 Å². The standard InChI is InChI=1S/C7H12N2O2/c10-7-6-5-11-4-3-9(6)2-1-8-7/h6H,1-5H2,(H,8,10)/t6-/m1/s1. The largest absolute Gasteiger partial charge is 0.378 e. The Morgan fingerprint density at radius 1 is 1.55 bits per heavy atom. The van der Waals surface area contributed by atoms with Crippen LogP contribution in [0.15, 0.2) is 0 Å². The van der Waals surface area contributed by atoms with Gasteiger partial charge in [-0.25, -0.2) is 0 Å². The Morgan fingerprint density at radius 2 is 2.45 bits per heavy atom. The lowest BCUT2D eigenvalue weighted by atomic mass is 10.1. The third-order valence-electron chi connectivity index (χ3n) is 2.24. The monoisotopic (exact) mass is 156 g/mol. The second-order valence-electron chi connectivity index (χ2n) is 2.92. The van der Waals surface area contributed by atoms with Gasteiger partial charge in [-0.15, -0.1) is 0 Å². The van der Waals surface area contributed by atoms with Gasteiger partial charge in [0.2, 0.25) is 5.91 Å². The maximum Gasteiger partial charge on any atom is 0.239 e. The molecule has 62 valence electrons. The predicted molar refractivity (Wildman–Crippen MR) is 39.2 cm³/mol. The summed E-state index contributed by atoms with van der Waals surface area (Å²) in [6, 6.07) is -0.0162. The Labute approximate surface area is 65.5 Å². The molecule has 0 aromatic rings. The molecule has 1 N–H and O–H groups in total. The van der Waals surface area contributed by atoms with E-state index in [1.165, 1.54) is 0 Å². The fourth-order valence-corrected chi connectivity index (χ4v) is 1.59. The Morgan fingerprint density at radius 3 is 3.27 bits per heavy atom. The first-order valence-corrected chi connectivity index (χ1v) is 3.97. The smallest absolute Gasteiger partial charge is 0.239 e. The van der Waals surface area contributed by atoms with E-state index in [1.807, 2.05) is 0 Å². The fourth-order valence-electron chi connectivity index (χ4n) is 1.59. The highest BCUT2D eigenvalue weighted by atomic mass is 16.5. The van der Waals surface area contributed by atoms with Crippen molar-refractivity contribution in [3.05, 3.63) is 0 Å². The maximum atomic E-state index is 11.2. The van der Waals surface area contributed by atoms with E-state index >= 15 is 0 Å². The molecule has 1 amide bonds. The van der Waals surface area contributed by atoms with Crippen molar-refractivity contribution in [1.82, 2.24) is 10.2 Å². The second kappa shape index (κ2) is 2.79. The van der Waals surface area contributed by atoms with E-state index in [2.05, 4.69) is 10.2 Å². The van der Waals surface area contributed by atoms with Crippen LogP contribution in [0.25, 0.3) is 0 Å². The number of fused-ring (bicyclic) bond motifs is 1. The van der Waals surface area contributed by atoms with E-state index in [0.29, 0.717) is 6.61 Å². The van der Waals surface area contributed by atoms with Gasteiger partial charge in [0.25, 0.3) is 0 Å². The maximum absolute atomic E-state index is 11.2. The van der Waals surface area contributed by atoms with E-state index in [0.717, 1.165) is 26.2 Å². The van der Waals surface area contributed by atoms with Crippen molar-refractivity contribution in [2.45, 2.75) is 6.04 Å². The zero-order valence-electron chi connectivity index (χ0n) is 6.38. The van der Waals surface area contributed by atoms with Gasteiger partial charge in [-0.1, -0.05) is 0 Å². The molecule has 2 aliphatic rings. The third-order valence-corrected chi connectivity index (χ3v) is 2.24. The number of carbonyl (C=O) groups excluding carboxylic acids is 1. The van der Waals surface area contributed by atoms with Crippen LogP contribution in [-0.2, 0) is 9.53 Å². The molecule has 0 bridgehead atoms. The number of carbonyl (C=O) groups is 1. The normalized spacial score (nSPS) is 32.7. The zero-order valence-corrected chi connectivity index (χ0v) is 6.38. The molecular formula is C7H12N2O2. The molecule has 2 saturated heterocycles. The number of hydrogen-bond donors (Lipinski definition) is 1. The molecule has 4 heteroatoms. The average Bonchev–Trinajstić information content (AvgIpc) is 2.06. The summed E-state index contributed by atoms with van der Waals surface area (Å²) in [5.74, 6) is 0.121. The Hall–Kier alpha value is -0.610. The molecule has 1 atom stereocenters. The van der Waals surface area contributed by atoms with Crippen LogP contribution in [0, 0.1) is 0 Å². The molecule has 2 aliphatic heterocycles. The Kier molecular flexibility index (Phi) is 1.79. The number of hydrogen-bond acceptors (Lipinski definition) is 3. The number of amides is 1. The topological polar surface area (TPSA) is 41.6 Å². The number of rotatable bonds is 0. The van der Waals surface area contributed by atoms with Crippen molar-refractivity contribution < 1.29 is 9.53 Å². The van der Waals surface area contributed by atoms with Gasteiger partial charge in [0.15, 0.2) is 0 Å². The predicted octanol–water partition coefficient (Wildman–Crippen LogP) is -1.18. The van der Waals surface area contributed by atoms with Crippen LogP contribution >= 0.6 is 0 Å². The molecule has 0 aromatic heterocycles. The zero-order chi connectivity index (χ0) is 7.68. The van der Waals surface area contributed by atoms with Crippen LogP contribution in [0.3, 0.4) is 0 Å². The van der Waals surface area contributed by atoms with Crippen LogP contribution in [0.2, 0.25) is 0 Å². The van der Waals surface area contributed by atoms with Gasteiger partial charge in [0.1, 0.15) is 6.04 Å². The Balaban J connectivity index is 2.05. The Bertz CT molecular complexity index is 170. The van der Waals surface area contributed by atoms with Gasteiger partial charge in [0.05, 0.1) is 13.2 Å². The van der Waals surface area contributed by atoms with E-state index < -0.39 is 0 Å². The van der Waals surface area contributed by atoms with Crippen LogP contribution in [0.4, 0.5) is 0 Å². The van der Waals surface area contributed by atoms with Crippen molar-refractivity contribution in [3.63, 3.8) is 0 Å². The van der Waals surface area contributed by atoms with Gasteiger partial charge in [-0.05, 0) is 0 Å². The molecule has 2 rings (SSSR count). The number of ether oxygens (including phenoxy) is 1. The number of nitrogens with one attached hydrogen (secondary N) is 1. The highest BCUT2D eigenvalue weighted by Crippen LogP contribution is 2.08. The highest BCUT2D eigenvalue weighted by molar-refractivity contribution is 5.82. The van der Waals surface area contributed by atoms with Crippen molar-refractivity contribution in [1.29, 1.82) is 0 Å².